The van der Waals surface area contributed by atoms with Crippen LogP contribution in [-0.4, -0.2) is 23.6 Å². The number of hydrogen-bond donors (Lipinski definition) is 0. The van der Waals surface area contributed by atoms with Crippen LogP contribution in [0.2, 0.25) is 0 Å². The van der Waals surface area contributed by atoms with Gasteiger partial charge in [-0.2, -0.15) is 0 Å². The first-order valence-corrected chi connectivity index (χ1v) is 10.0. The highest BCUT2D eigenvalue weighted by atomic mass is 127. The van der Waals surface area contributed by atoms with Gasteiger partial charge >= 0.3 is 0 Å². The molecule has 0 amide bonds. The molecule has 1 aromatic rings. The summed E-state index contributed by atoms with van der Waals surface area (Å²) in [5.74, 6) is 3.34. The molecule has 122 valence electrons. The molecule has 1 heterocycles. The first-order chi connectivity index (χ1) is 10.4. The molecule has 0 unspecified atom stereocenters. The molecule has 1 fully saturated rings. The van der Waals surface area contributed by atoms with Gasteiger partial charge in [-0.1, -0.05) is 42.0 Å². The molecule has 1 aromatic carbocycles. The molecule has 2 nitrogen and oxygen atoms in total. The molecule has 22 heavy (non-hydrogen) atoms. The maximum absolute atomic E-state index is 5.86. The van der Waals surface area contributed by atoms with E-state index in [0.717, 1.165) is 28.6 Å². The lowest BCUT2D eigenvalue weighted by atomic mass is 9.62. The minimum Gasteiger partial charge on any atom is -0.493 e. The molecule has 1 saturated carbocycles. The predicted octanol–water partition coefficient (Wildman–Crippen LogP) is 5.25. The third-order valence-corrected chi connectivity index (χ3v) is 6.43. The summed E-state index contributed by atoms with van der Waals surface area (Å²) in [6, 6.07) is 6.77. The van der Waals surface area contributed by atoms with Gasteiger partial charge in [0.1, 0.15) is 5.75 Å². The monoisotopic (exact) mass is 413 g/mol. The number of alkyl halides is 1. The van der Waals surface area contributed by atoms with E-state index in [4.69, 9.17) is 4.74 Å². The van der Waals surface area contributed by atoms with Gasteiger partial charge in [-0.25, -0.2) is 0 Å². The molecule has 2 aliphatic rings. The molecule has 0 saturated heterocycles. The van der Waals surface area contributed by atoms with Gasteiger partial charge in [-0.15, -0.1) is 0 Å². The van der Waals surface area contributed by atoms with Crippen molar-refractivity contribution in [3.63, 3.8) is 0 Å². The van der Waals surface area contributed by atoms with Crippen molar-refractivity contribution in [3.8, 4) is 5.75 Å². The van der Waals surface area contributed by atoms with Gasteiger partial charge in [-0.3, -0.25) is 0 Å². The van der Waals surface area contributed by atoms with E-state index in [0.29, 0.717) is 5.92 Å². The van der Waals surface area contributed by atoms with Crippen LogP contribution in [0.3, 0.4) is 0 Å². The Morgan fingerprint density at radius 1 is 1.32 bits per heavy atom. The number of rotatable bonds is 3. The Hall–Kier alpha value is -0.450. The van der Waals surface area contributed by atoms with E-state index in [1.807, 2.05) is 0 Å². The number of fused-ring (bicyclic) bond motifs is 3. The topological polar surface area (TPSA) is 12.5 Å². The van der Waals surface area contributed by atoms with E-state index in [9.17, 15) is 0 Å². The van der Waals surface area contributed by atoms with Crippen molar-refractivity contribution in [2.75, 3.05) is 23.0 Å². The Morgan fingerprint density at radius 3 is 2.82 bits per heavy atom. The van der Waals surface area contributed by atoms with Gasteiger partial charge < -0.3 is 9.64 Å². The summed E-state index contributed by atoms with van der Waals surface area (Å²) < 4.78 is 6.89. The Balaban J connectivity index is 2.00. The van der Waals surface area contributed by atoms with Crippen LogP contribution >= 0.6 is 22.6 Å². The molecule has 0 bridgehead atoms. The Morgan fingerprint density at radius 2 is 2.09 bits per heavy atom. The van der Waals surface area contributed by atoms with Crippen LogP contribution in [0.25, 0.3) is 0 Å². The van der Waals surface area contributed by atoms with E-state index in [2.05, 4.69) is 73.5 Å². The number of hydrogen-bond acceptors (Lipinski definition) is 2. The van der Waals surface area contributed by atoms with Gasteiger partial charge in [-0.05, 0) is 56.1 Å². The summed E-state index contributed by atoms with van der Waals surface area (Å²) >= 11 is 2.36. The lowest BCUT2D eigenvalue weighted by Crippen LogP contribution is -2.54. The fourth-order valence-corrected chi connectivity index (χ4v) is 4.72. The van der Waals surface area contributed by atoms with Gasteiger partial charge in [0.15, 0.2) is 0 Å². The number of anilines is 1. The Kier molecular flexibility index (Phi) is 4.64. The minimum atomic E-state index is 0.222. The number of benzene rings is 1. The van der Waals surface area contributed by atoms with Crippen LogP contribution in [0, 0.1) is 11.8 Å². The zero-order valence-electron chi connectivity index (χ0n) is 14.2. The first kappa shape index (κ1) is 16.4. The van der Waals surface area contributed by atoms with E-state index >= 15 is 0 Å². The molecule has 3 heteroatoms. The second-order valence-corrected chi connectivity index (χ2v) is 8.68. The molecule has 0 aromatic heterocycles. The normalized spacial score (nSPS) is 29.7. The van der Waals surface area contributed by atoms with E-state index in [-0.39, 0.29) is 5.54 Å². The summed E-state index contributed by atoms with van der Waals surface area (Å²) in [6.45, 7) is 8.04. The van der Waals surface area contributed by atoms with E-state index in [1.54, 1.807) is 5.56 Å². The molecule has 1 aliphatic carbocycles. The zero-order chi connectivity index (χ0) is 15.9. The fourth-order valence-electron chi connectivity index (χ4n) is 4.50. The molecular formula is C19H28INO. The largest absolute Gasteiger partial charge is 0.493 e. The Labute approximate surface area is 148 Å². The lowest BCUT2D eigenvalue weighted by molar-refractivity contribution is 0.157. The zero-order valence-corrected chi connectivity index (χ0v) is 16.4. The van der Waals surface area contributed by atoms with Crippen molar-refractivity contribution in [3.05, 3.63) is 23.8 Å². The van der Waals surface area contributed by atoms with Crippen molar-refractivity contribution in [1.29, 1.82) is 0 Å². The highest BCUT2D eigenvalue weighted by Gasteiger charge is 2.46. The van der Waals surface area contributed by atoms with Crippen LogP contribution in [-0.2, 0) is 0 Å². The second-order valence-electron chi connectivity index (χ2n) is 7.60. The van der Waals surface area contributed by atoms with Gasteiger partial charge in [0.05, 0.1) is 6.61 Å². The van der Waals surface area contributed by atoms with Crippen LogP contribution in [0.15, 0.2) is 18.2 Å². The summed E-state index contributed by atoms with van der Waals surface area (Å²) in [7, 11) is 2.26. The lowest BCUT2D eigenvalue weighted by Gasteiger charge is -2.54. The molecule has 1 aliphatic heterocycles. The van der Waals surface area contributed by atoms with Crippen molar-refractivity contribution in [2.45, 2.75) is 51.5 Å². The van der Waals surface area contributed by atoms with Crippen LogP contribution < -0.4 is 9.64 Å². The summed E-state index contributed by atoms with van der Waals surface area (Å²) in [6.07, 6.45) is 4.07. The number of halogens is 1. The third kappa shape index (κ3) is 2.74. The first-order valence-electron chi connectivity index (χ1n) is 8.51. The van der Waals surface area contributed by atoms with E-state index in [1.165, 1.54) is 24.9 Å². The van der Waals surface area contributed by atoms with Crippen molar-refractivity contribution >= 4 is 28.3 Å². The third-order valence-electron chi connectivity index (χ3n) is 5.99. The second kappa shape index (κ2) is 6.21. The molecular weight excluding hydrogens is 385 g/mol. The average Bonchev–Trinajstić information content (AvgIpc) is 2.50. The van der Waals surface area contributed by atoms with E-state index < -0.39 is 0 Å². The molecule has 0 N–H and O–H groups in total. The molecule has 0 spiro atoms. The van der Waals surface area contributed by atoms with Crippen molar-refractivity contribution < 1.29 is 4.74 Å². The van der Waals surface area contributed by atoms with Gasteiger partial charge in [0.25, 0.3) is 0 Å². The summed E-state index contributed by atoms with van der Waals surface area (Å²) in [5, 5.41) is 0. The minimum absolute atomic E-state index is 0.222. The van der Waals surface area contributed by atoms with Gasteiger partial charge in [0.2, 0.25) is 0 Å². The maximum atomic E-state index is 5.86. The standard InChI is InChI=1S/C19H28INO/c1-13-5-8-17-16(11-13)15-7-6-14(22-10-9-20)12-18(15)21(4)19(17,2)3/h6-7,12-13,16-17H,5,8-11H2,1-4H3/t13-,16+,17-/m1/s1. The number of nitrogens with zero attached hydrogens (tertiary/aromatic N) is 1. The van der Waals surface area contributed by atoms with Crippen LogP contribution in [0.4, 0.5) is 5.69 Å². The predicted molar refractivity (Wildman–Crippen MR) is 103 cm³/mol. The molecule has 0 radical (unpaired) electrons. The summed E-state index contributed by atoms with van der Waals surface area (Å²) in [5.41, 5.74) is 3.14. The van der Waals surface area contributed by atoms with Crippen LogP contribution in [0.5, 0.6) is 5.75 Å². The van der Waals surface area contributed by atoms with Gasteiger partial charge in [0, 0.05) is 28.8 Å². The average molecular weight is 413 g/mol. The van der Waals surface area contributed by atoms with Crippen LogP contribution in [0.1, 0.15) is 51.5 Å². The Bertz CT molecular complexity index is 542. The fraction of sp³-hybridized carbons (Fsp3) is 0.684. The quantitative estimate of drug-likeness (QED) is 0.496. The highest BCUT2D eigenvalue weighted by molar-refractivity contribution is 14.1. The van der Waals surface area contributed by atoms with Crippen molar-refractivity contribution in [1.82, 2.24) is 0 Å². The highest BCUT2D eigenvalue weighted by Crippen LogP contribution is 2.54. The van der Waals surface area contributed by atoms with Crippen molar-refractivity contribution in [2.24, 2.45) is 11.8 Å². The summed E-state index contributed by atoms with van der Waals surface area (Å²) in [4.78, 5) is 2.50. The maximum Gasteiger partial charge on any atom is 0.121 e. The SMILES string of the molecule is C[C@@H]1CC[C@@H]2[C@@H](C1)c1ccc(OCCI)cc1N(C)C2(C)C. The number of ether oxygens (including phenoxy) is 1. The molecule has 3 rings (SSSR count). The molecule has 3 atom stereocenters. The smallest absolute Gasteiger partial charge is 0.121 e.